The summed E-state index contributed by atoms with van der Waals surface area (Å²) in [5.74, 6) is 0.635. The van der Waals surface area contributed by atoms with Crippen molar-refractivity contribution in [2.45, 2.75) is 168 Å². The molecule has 10 nitrogen and oxygen atoms in total. The molecule has 4 rings (SSSR count). The van der Waals surface area contributed by atoms with Crippen LogP contribution in [0.5, 0.6) is 0 Å². The molecule has 5 N–H and O–H groups in total. The van der Waals surface area contributed by atoms with Crippen LogP contribution in [0, 0.1) is 46.3 Å². The summed E-state index contributed by atoms with van der Waals surface area (Å²) < 4.78 is 34.5. The van der Waals surface area contributed by atoms with Crippen LogP contribution in [0.3, 0.4) is 0 Å². The van der Waals surface area contributed by atoms with E-state index in [2.05, 4.69) is 31.9 Å². The van der Waals surface area contributed by atoms with E-state index in [1.165, 1.54) is 44.9 Å². The number of aliphatic hydroxyl groups excluding tert-OH is 3. The van der Waals surface area contributed by atoms with Gasteiger partial charge < -0.3 is 35.2 Å². The van der Waals surface area contributed by atoms with Gasteiger partial charge in [0.25, 0.3) is 0 Å². The predicted octanol–water partition coefficient (Wildman–Crippen LogP) is -1.32. The minimum absolute atomic E-state index is 0. The van der Waals surface area contributed by atoms with Crippen LogP contribution in [0.4, 0.5) is 0 Å². The molecular formula is C36H66Na2O10S. The molecular weight excluding hydrogens is 670 g/mol. The molecule has 0 aromatic heterocycles. The molecule has 0 bridgehead atoms. The van der Waals surface area contributed by atoms with Crippen molar-refractivity contribution in [2.75, 3.05) is 6.61 Å². The number of aliphatic carboxylic acids is 1. The Labute approximate surface area is 341 Å². The summed E-state index contributed by atoms with van der Waals surface area (Å²) in [6, 6.07) is 0. The van der Waals surface area contributed by atoms with Crippen molar-refractivity contribution >= 4 is 16.4 Å². The van der Waals surface area contributed by atoms with E-state index in [1.807, 2.05) is 0 Å². The fraction of sp³-hybridized carbons (Fsp3) is 0.972. The van der Waals surface area contributed by atoms with Crippen molar-refractivity contribution in [2.24, 2.45) is 46.3 Å². The first-order valence-corrected chi connectivity index (χ1v) is 19.8. The zero-order chi connectivity index (χ0) is 34.1. The molecule has 0 aromatic carbocycles. The van der Waals surface area contributed by atoms with E-state index in [9.17, 15) is 38.2 Å². The van der Waals surface area contributed by atoms with Gasteiger partial charge in [-0.1, -0.05) is 85.5 Å². The van der Waals surface area contributed by atoms with E-state index in [0.29, 0.717) is 24.7 Å². The Hall–Kier alpha value is 1.18. The van der Waals surface area contributed by atoms with Crippen molar-refractivity contribution in [1.29, 1.82) is 0 Å². The van der Waals surface area contributed by atoms with Crippen LogP contribution < -0.4 is 64.2 Å². The molecule has 4 aliphatic carbocycles. The topological polar surface area (TPSA) is 199 Å². The van der Waals surface area contributed by atoms with Crippen LogP contribution in [-0.2, 0) is 19.4 Å². The molecule has 0 aliphatic heterocycles. The summed E-state index contributed by atoms with van der Waals surface area (Å²) in [5, 5.41) is 43.9. The van der Waals surface area contributed by atoms with Gasteiger partial charge in [-0.3, -0.25) is 4.18 Å². The second kappa shape index (κ2) is 23.2. The molecule has 0 amide bonds. The predicted molar refractivity (Wildman–Crippen MR) is 179 cm³/mol. The Morgan fingerprint density at radius 1 is 0.878 bits per heavy atom. The molecule has 0 saturated heterocycles. The number of hydrogen-bond donors (Lipinski definition) is 3. The first-order chi connectivity index (χ1) is 21.6. The second-order valence-electron chi connectivity index (χ2n) is 15.8. The van der Waals surface area contributed by atoms with Crippen molar-refractivity contribution in [3.63, 3.8) is 0 Å². The van der Waals surface area contributed by atoms with Gasteiger partial charge in [0, 0.05) is 5.97 Å². The summed E-state index contributed by atoms with van der Waals surface area (Å²) in [7, 11) is -4.48. The molecule has 0 unspecified atom stereocenters. The fourth-order valence-electron chi connectivity index (χ4n) is 10.4. The Kier molecular flexibility index (Phi) is 23.7. The minimum atomic E-state index is -4.48. The number of fused-ring (bicyclic) bond motifs is 5. The molecule has 0 heterocycles. The summed E-state index contributed by atoms with van der Waals surface area (Å²) in [6.07, 6.45) is 17.4. The number of carboxylic acids is 1. The summed E-state index contributed by atoms with van der Waals surface area (Å²) in [6.45, 7) is 8.92. The monoisotopic (exact) mass is 736 g/mol. The van der Waals surface area contributed by atoms with Crippen molar-refractivity contribution < 1.29 is 107 Å². The van der Waals surface area contributed by atoms with Crippen LogP contribution in [0.2, 0.25) is 0 Å². The van der Waals surface area contributed by atoms with Gasteiger partial charge >= 0.3 is 59.1 Å². The molecule has 13 heteroatoms. The fourth-order valence-corrected chi connectivity index (χ4v) is 10.8. The third kappa shape index (κ3) is 13.8. The van der Waals surface area contributed by atoms with Gasteiger partial charge in [0.05, 0.1) is 24.9 Å². The van der Waals surface area contributed by atoms with Crippen LogP contribution >= 0.6 is 0 Å². The number of unbranched alkanes of at least 4 members (excludes halogenated alkanes) is 9. The van der Waals surface area contributed by atoms with Gasteiger partial charge in [-0.2, -0.15) is 0 Å². The normalized spacial score (nSPS) is 35.4. The van der Waals surface area contributed by atoms with E-state index in [-0.39, 0.29) is 124 Å². The maximum atomic E-state index is 11.5. The SMILES string of the molecule is CCCCCCCCCCCCOS(=O)(=O)[O-].C[C@H](CCC(=O)[O-])[C@H]1CC[C@H]2[C@@H]3[C@H](O)C[C@@H]4C[C@H](O)CC[C@]4(C)[C@H]3C[C@H](O)[C@]12C.O.[Na+].[Na+]. The number of carboxylic acid groups (broad SMARTS) is 1. The van der Waals surface area contributed by atoms with Crippen LogP contribution in [0.25, 0.3) is 0 Å². The first kappa shape index (κ1) is 50.2. The summed E-state index contributed by atoms with van der Waals surface area (Å²) in [4.78, 5) is 11.0. The van der Waals surface area contributed by atoms with Gasteiger partial charge in [-0.15, -0.1) is 0 Å². The zero-order valence-corrected chi connectivity index (χ0v) is 36.4. The van der Waals surface area contributed by atoms with E-state index < -0.39 is 22.5 Å². The number of carbonyl (C=O) groups excluding carboxylic acids is 1. The van der Waals surface area contributed by atoms with E-state index in [0.717, 1.165) is 57.8 Å². The molecule has 278 valence electrons. The van der Waals surface area contributed by atoms with Gasteiger partial charge in [-0.05, 0) is 111 Å². The third-order valence-corrected chi connectivity index (χ3v) is 13.5. The van der Waals surface area contributed by atoms with Crippen molar-refractivity contribution in [3.05, 3.63) is 0 Å². The smallest absolute Gasteiger partial charge is 0.726 e. The van der Waals surface area contributed by atoms with Crippen LogP contribution in [0.1, 0.15) is 150 Å². The third-order valence-electron chi connectivity index (χ3n) is 13.1. The molecule has 4 saturated carbocycles. The maximum Gasteiger partial charge on any atom is 1.00 e. The first-order valence-electron chi connectivity index (χ1n) is 18.5. The molecule has 49 heavy (non-hydrogen) atoms. The standard InChI is InChI=1S/C24H40O5.C12H26O4S.2Na.H2O/c1-13(4-7-21(28)29)16-5-6-17-22-18(12-20(27)24(16,17)3)23(2)9-8-15(25)10-14(23)11-19(22)26;1-2-3-4-5-6-7-8-9-10-11-12-16-17(13,14)15;;;/h13-20,22,25-27H,4-12H2,1-3H3,(H,28,29);2-12H2,1H3,(H,13,14,15);;;1H2/q;;2*+1;/p-2/t13-,14+,15-,16-,17+,18+,19-,20+,22+,23+,24-;;;;/m1..../s1. The zero-order valence-electron chi connectivity index (χ0n) is 31.5. The Morgan fingerprint density at radius 2 is 1.45 bits per heavy atom. The molecule has 4 aliphatic rings. The van der Waals surface area contributed by atoms with Crippen molar-refractivity contribution in [1.82, 2.24) is 0 Å². The molecule has 11 atom stereocenters. The average molecular weight is 737 g/mol. The number of rotatable bonds is 16. The maximum absolute atomic E-state index is 11.5. The van der Waals surface area contributed by atoms with E-state index in [4.69, 9.17) is 0 Å². The minimum Gasteiger partial charge on any atom is -0.726 e. The van der Waals surface area contributed by atoms with Crippen LogP contribution in [0.15, 0.2) is 0 Å². The molecule has 0 radical (unpaired) electrons. The molecule has 0 aromatic rings. The number of carbonyl (C=O) groups is 1. The van der Waals surface area contributed by atoms with Gasteiger partial charge in [0.15, 0.2) is 0 Å². The van der Waals surface area contributed by atoms with Gasteiger partial charge in [0.2, 0.25) is 10.4 Å². The Morgan fingerprint density at radius 3 is 2.00 bits per heavy atom. The van der Waals surface area contributed by atoms with E-state index >= 15 is 0 Å². The Balaban J connectivity index is 0.00000101. The molecule has 0 spiro atoms. The van der Waals surface area contributed by atoms with Gasteiger partial charge in [0.1, 0.15) is 0 Å². The average Bonchev–Trinajstić information content (AvgIpc) is 3.34. The largest absolute Gasteiger partial charge is 1.00 e. The van der Waals surface area contributed by atoms with Crippen molar-refractivity contribution in [3.8, 4) is 0 Å². The Bertz CT molecular complexity index is 1050. The van der Waals surface area contributed by atoms with Crippen LogP contribution in [-0.4, -0.2) is 64.7 Å². The number of hydrogen-bond acceptors (Lipinski definition) is 9. The molecule has 4 fully saturated rings. The van der Waals surface area contributed by atoms with Gasteiger partial charge in [-0.25, -0.2) is 8.42 Å². The summed E-state index contributed by atoms with van der Waals surface area (Å²) in [5.41, 5.74) is -0.172. The van der Waals surface area contributed by atoms with E-state index in [1.54, 1.807) is 0 Å². The summed E-state index contributed by atoms with van der Waals surface area (Å²) >= 11 is 0. The number of aliphatic hydroxyl groups is 3. The quantitative estimate of drug-likeness (QED) is 0.0745. The second-order valence-corrected chi connectivity index (χ2v) is 16.9.